The number of hydrogen-bond donors (Lipinski definition) is 2. The van der Waals surface area contributed by atoms with Crippen molar-refractivity contribution in [3.8, 4) is 11.5 Å². The Morgan fingerprint density at radius 2 is 1.61 bits per heavy atom. The molecule has 0 aromatic heterocycles. The van der Waals surface area contributed by atoms with Crippen LogP contribution >= 0.6 is 0 Å². The summed E-state index contributed by atoms with van der Waals surface area (Å²) in [5.41, 5.74) is -0.788. The molecule has 0 amide bonds. The highest BCUT2D eigenvalue weighted by Gasteiger charge is 2.36. The Morgan fingerprint density at radius 1 is 1.04 bits per heavy atom. The Bertz CT molecular complexity index is 866. The van der Waals surface area contributed by atoms with Crippen molar-refractivity contribution in [2.24, 2.45) is 0 Å². The summed E-state index contributed by atoms with van der Waals surface area (Å²) in [5, 5.41) is 20.4. The molecule has 0 spiro atoms. The number of ether oxygens (including phenoxy) is 1. The zero-order valence-corrected chi connectivity index (χ0v) is 12.1. The molecule has 1 aliphatic carbocycles. The molecule has 6 heteroatoms. The van der Waals surface area contributed by atoms with Gasteiger partial charge in [0, 0.05) is 11.1 Å². The van der Waals surface area contributed by atoms with Gasteiger partial charge in [-0.2, -0.15) is 0 Å². The quantitative estimate of drug-likeness (QED) is 0.555. The molecule has 0 heterocycles. The van der Waals surface area contributed by atoms with Gasteiger partial charge in [0.1, 0.15) is 17.1 Å². The molecule has 0 saturated heterocycles. The predicted molar refractivity (Wildman–Crippen MR) is 79.0 cm³/mol. The van der Waals surface area contributed by atoms with Crippen LogP contribution in [0.4, 0.5) is 0 Å². The number of aromatic hydroxyl groups is 2. The van der Waals surface area contributed by atoms with E-state index in [4.69, 9.17) is 4.74 Å². The average molecular weight is 312 g/mol. The topological polar surface area (TPSA) is 101 Å². The van der Waals surface area contributed by atoms with Crippen LogP contribution in [0, 0.1) is 0 Å². The average Bonchev–Trinajstić information content (AvgIpc) is 2.54. The maximum Gasteiger partial charge on any atom is 0.342 e. The van der Waals surface area contributed by atoms with Gasteiger partial charge in [-0.3, -0.25) is 9.59 Å². The summed E-state index contributed by atoms with van der Waals surface area (Å²) in [6.45, 7) is 1.64. The first-order valence-corrected chi connectivity index (χ1v) is 6.91. The van der Waals surface area contributed by atoms with Crippen molar-refractivity contribution < 1.29 is 29.3 Å². The van der Waals surface area contributed by atoms with E-state index in [1.807, 2.05) is 0 Å². The Labute approximate surface area is 130 Å². The van der Waals surface area contributed by atoms with Crippen LogP contribution in [0.1, 0.15) is 49.1 Å². The molecule has 3 rings (SSSR count). The van der Waals surface area contributed by atoms with Crippen LogP contribution < -0.4 is 0 Å². The van der Waals surface area contributed by atoms with Crippen LogP contribution in [-0.4, -0.2) is 34.4 Å². The summed E-state index contributed by atoms with van der Waals surface area (Å²) in [5.74, 6) is -3.31. The van der Waals surface area contributed by atoms with E-state index in [0.717, 1.165) is 6.07 Å². The third-order valence-corrected chi connectivity index (χ3v) is 3.64. The van der Waals surface area contributed by atoms with Crippen molar-refractivity contribution in [2.75, 3.05) is 6.61 Å². The van der Waals surface area contributed by atoms with E-state index in [2.05, 4.69) is 0 Å². The van der Waals surface area contributed by atoms with Crippen molar-refractivity contribution in [1.29, 1.82) is 0 Å². The number of carbonyl (C=O) groups is 3. The van der Waals surface area contributed by atoms with Gasteiger partial charge in [-0.05, 0) is 13.0 Å². The van der Waals surface area contributed by atoms with Crippen molar-refractivity contribution in [3.05, 3.63) is 58.1 Å². The molecule has 116 valence electrons. The zero-order chi connectivity index (χ0) is 16.7. The summed E-state index contributed by atoms with van der Waals surface area (Å²) in [6, 6.07) is 7.03. The van der Waals surface area contributed by atoms with Gasteiger partial charge in [0.15, 0.2) is 11.6 Å². The Morgan fingerprint density at radius 3 is 2.17 bits per heavy atom. The van der Waals surface area contributed by atoms with E-state index in [1.165, 1.54) is 12.1 Å². The highest BCUT2D eigenvalue weighted by atomic mass is 16.5. The van der Waals surface area contributed by atoms with Gasteiger partial charge < -0.3 is 14.9 Å². The lowest BCUT2D eigenvalue weighted by molar-refractivity contribution is 0.0522. The number of fused-ring (bicyclic) bond motifs is 2. The van der Waals surface area contributed by atoms with Crippen molar-refractivity contribution in [2.45, 2.75) is 6.92 Å². The molecule has 2 N–H and O–H groups in total. The first-order chi connectivity index (χ1) is 11.0. The number of rotatable bonds is 2. The molecular weight excluding hydrogens is 300 g/mol. The molecule has 2 aromatic rings. The third-order valence-electron chi connectivity index (χ3n) is 3.64. The monoisotopic (exact) mass is 312 g/mol. The van der Waals surface area contributed by atoms with Gasteiger partial charge in [0.2, 0.25) is 0 Å². The van der Waals surface area contributed by atoms with Crippen LogP contribution in [0.3, 0.4) is 0 Å². The smallest absolute Gasteiger partial charge is 0.342 e. The predicted octanol–water partition coefficient (Wildman–Crippen LogP) is 2.05. The minimum Gasteiger partial charge on any atom is -0.507 e. The normalized spacial score (nSPS) is 12.6. The fraction of sp³-hybridized carbons (Fsp3) is 0.118. The number of phenolic OH excluding ortho intramolecular Hbond substituents is 2. The lowest BCUT2D eigenvalue weighted by atomic mass is 9.82. The molecule has 6 nitrogen and oxygen atoms in total. The standard InChI is InChI=1S/C17H12O6/c1-2-23-17(22)10-7-11(18)12-13(16(10)21)15(20)9-6-4-3-5-8(9)14(12)19/h3-7,18,21H,2H2,1H3. The van der Waals surface area contributed by atoms with Crippen LogP contribution in [0.25, 0.3) is 0 Å². The summed E-state index contributed by atoms with van der Waals surface area (Å²) < 4.78 is 4.78. The van der Waals surface area contributed by atoms with E-state index in [-0.39, 0.29) is 34.4 Å². The van der Waals surface area contributed by atoms with Crippen LogP contribution in [0.15, 0.2) is 30.3 Å². The van der Waals surface area contributed by atoms with Gasteiger partial charge in [-0.25, -0.2) is 4.79 Å². The van der Waals surface area contributed by atoms with Gasteiger partial charge in [0.05, 0.1) is 17.7 Å². The number of ketones is 2. The minimum atomic E-state index is -0.887. The molecule has 0 atom stereocenters. The highest BCUT2D eigenvalue weighted by Crippen LogP contribution is 2.40. The van der Waals surface area contributed by atoms with E-state index in [0.29, 0.717) is 0 Å². The first-order valence-electron chi connectivity index (χ1n) is 6.91. The number of esters is 1. The molecule has 1 aliphatic rings. The molecule has 0 unspecified atom stereocenters. The van der Waals surface area contributed by atoms with E-state index >= 15 is 0 Å². The third kappa shape index (κ3) is 2.07. The van der Waals surface area contributed by atoms with Crippen LogP contribution in [0.5, 0.6) is 11.5 Å². The second kappa shape index (κ2) is 5.24. The van der Waals surface area contributed by atoms with E-state index < -0.39 is 29.0 Å². The Hall–Kier alpha value is -3.15. The molecular formula is C17H12O6. The molecule has 2 aromatic carbocycles. The lowest BCUT2D eigenvalue weighted by Crippen LogP contribution is -2.22. The molecule has 23 heavy (non-hydrogen) atoms. The first kappa shape index (κ1) is 14.8. The Balaban J connectivity index is 2.29. The summed E-state index contributed by atoms with van der Waals surface area (Å²) >= 11 is 0. The maximum absolute atomic E-state index is 12.6. The number of benzene rings is 2. The molecule has 0 bridgehead atoms. The second-order valence-electron chi connectivity index (χ2n) is 4.97. The molecule has 0 fully saturated rings. The van der Waals surface area contributed by atoms with Crippen LogP contribution in [0.2, 0.25) is 0 Å². The van der Waals surface area contributed by atoms with Crippen molar-refractivity contribution in [1.82, 2.24) is 0 Å². The number of carbonyl (C=O) groups excluding carboxylic acids is 3. The van der Waals surface area contributed by atoms with Crippen LogP contribution in [-0.2, 0) is 4.74 Å². The summed E-state index contributed by atoms with van der Waals surface area (Å²) in [7, 11) is 0. The van der Waals surface area contributed by atoms with E-state index in [1.54, 1.807) is 19.1 Å². The second-order valence-corrected chi connectivity index (χ2v) is 4.97. The Kier molecular flexibility index (Phi) is 3.37. The molecule has 0 saturated carbocycles. The molecule has 0 aliphatic heterocycles. The SMILES string of the molecule is CCOC(=O)c1cc(O)c2c(c1O)C(=O)c1ccccc1C2=O. The number of phenols is 2. The summed E-state index contributed by atoms with van der Waals surface area (Å²) in [4.78, 5) is 36.9. The fourth-order valence-corrected chi connectivity index (χ4v) is 2.62. The number of hydrogen-bond acceptors (Lipinski definition) is 6. The minimum absolute atomic E-state index is 0.0613. The van der Waals surface area contributed by atoms with Gasteiger partial charge in [-0.1, -0.05) is 24.3 Å². The van der Waals surface area contributed by atoms with Gasteiger partial charge >= 0.3 is 5.97 Å². The largest absolute Gasteiger partial charge is 0.507 e. The van der Waals surface area contributed by atoms with Gasteiger partial charge in [-0.15, -0.1) is 0 Å². The highest BCUT2D eigenvalue weighted by molar-refractivity contribution is 6.30. The van der Waals surface area contributed by atoms with Gasteiger partial charge in [0.25, 0.3) is 0 Å². The fourth-order valence-electron chi connectivity index (χ4n) is 2.62. The van der Waals surface area contributed by atoms with Crippen molar-refractivity contribution >= 4 is 17.5 Å². The van der Waals surface area contributed by atoms with E-state index in [9.17, 15) is 24.6 Å². The summed E-state index contributed by atoms with van der Waals surface area (Å²) in [6.07, 6.45) is 0. The lowest BCUT2D eigenvalue weighted by Gasteiger charge is -2.20. The maximum atomic E-state index is 12.6. The molecule has 0 radical (unpaired) electrons. The van der Waals surface area contributed by atoms with Crippen molar-refractivity contribution in [3.63, 3.8) is 0 Å². The zero-order valence-electron chi connectivity index (χ0n) is 12.1.